The van der Waals surface area contributed by atoms with E-state index in [1.807, 2.05) is 24.3 Å². The summed E-state index contributed by atoms with van der Waals surface area (Å²) in [4.78, 5) is 18.1. The smallest absolute Gasteiger partial charge is 0.189 e. The Morgan fingerprint density at radius 1 is 0.828 bits per heavy atom. The van der Waals surface area contributed by atoms with Gasteiger partial charge < -0.3 is 4.98 Å². The lowest BCUT2D eigenvalue weighted by atomic mass is 10.1. The zero-order valence-corrected chi connectivity index (χ0v) is 16.5. The van der Waals surface area contributed by atoms with Crippen LogP contribution in [0.3, 0.4) is 0 Å². The Morgan fingerprint density at radius 2 is 1.52 bits per heavy atom. The molecule has 4 aromatic rings. The van der Waals surface area contributed by atoms with Gasteiger partial charge in [-0.2, -0.15) is 0 Å². The van der Waals surface area contributed by atoms with E-state index in [2.05, 4.69) is 22.0 Å². The average molecular weight is 407 g/mol. The van der Waals surface area contributed by atoms with Crippen molar-refractivity contribution in [3.05, 3.63) is 117 Å². The van der Waals surface area contributed by atoms with Gasteiger partial charge in [-0.05, 0) is 41.5 Å². The Hall–Kier alpha value is -2.95. The SMILES string of the molecule is O=c1cc(CN(Cc2ccccc2)Cc2ccc(F)cc2)[nH]c2ccc(Cl)cc12. The van der Waals surface area contributed by atoms with Crippen LogP contribution in [0, 0.1) is 5.82 Å². The molecular weight excluding hydrogens is 387 g/mol. The van der Waals surface area contributed by atoms with E-state index in [4.69, 9.17) is 11.6 Å². The summed E-state index contributed by atoms with van der Waals surface area (Å²) >= 11 is 6.02. The van der Waals surface area contributed by atoms with E-state index in [-0.39, 0.29) is 11.2 Å². The Labute approximate surface area is 173 Å². The summed E-state index contributed by atoms with van der Waals surface area (Å²) in [5.74, 6) is -0.249. The summed E-state index contributed by atoms with van der Waals surface area (Å²) < 4.78 is 13.3. The molecular formula is C24H20ClFN2O. The summed E-state index contributed by atoms with van der Waals surface area (Å²) in [6.45, 7) is 1.90. The van der Waals surface area contributed by atoms with E-state index in [1.165, 1.54) is 17.7 Å². The molecule has 1 heterocycles. The van der Waals surface area contributed by atoms with Gasteiger partial charge in [0.15, 0.2) is 5.43 Å². The highest BCUT2D eigenvalue weighted by Crippen LogP contribution is 2.17. The molecule has 0 aliphatic heterocycles. The molecule has 4 rings (SSSR count). The van der Waals surface area contributed by atoms with E-state index in [1.54, 1.807) is 30.3 Å². The summed E-state index contributed by atoms with van der Waals surface area (Å²) in [6.07, 6.45) is 0. The molecule has 1 aromatic heterocycles. The topological polar surface area (TPSA) is 36.1 Å². The van der Waals surface area contributed by atoms with Gasteiger partial charge in [0.2, 0.25) is 0 Å². The molecule has 0 atom stereocenters. The molecule has 0 aliphatic carbocycles. The molecule has 0 aliphatic rings. The number of aromatic nitrogens is 1. The highest BCUT2D eigenvalue weighted by Gasteiger charge is 2.11. The number of halogens is 2. The third-order valence-electron chi connectivity index (χ3n) is 4.81. The average Bonchev–Trinajstić information content (AvgIpc) is 2.71. The molecule has 3 nitrogen and oxygen atoms in total. The van der Waals surface area contributed by atoms with Crippen LogP contribution < -0.4 is 5.43 Å². The first-order valence-corrected chi connectivity index (χ1v) is 9.77. The maximum Gasteiger partial charge on any atom is 0.189 e. The van der Waals surface area contributed by atoms with E-state index >= 15 is 0 Å². The third-order valence-corrected chi connectivity index (χ3v) is 5.05. The maximum atomic E-state index is 13.3. The van der Waals surface area contributed by atoms with Crippen molar-refractivity contribution in [2.75, 3.05) is 0 Å². The Morgan fingerprint density at radius 3 is 2.24 bits per heavy atom. The minimum Gasteiger partial charge on any atom is -0.357 e. The first-order chi connectivity index (χ1) is 14.1. The van der Waals surface area contributed by atoms with Crippen LogP contribution in [-0.4, -0.2) is 9.88 Å². The van der Waals surface area contributed by atoms with Crippen LogP contribution in [0.4, 0.5) is 4.39 Å². The minimum atomic E-state index is -0.249. The second-order valence-corrected chi connectivity index (χ2v) is 7.54. The molecule has 0 radical (unpaired) electrons. The number of fused-ring (bicyclic) bond motifs is 1. The molecule has 0 spiro atoms. The summed E-state index contributed by atoms with van der Waals surface area (Å²) in [6, 6.07) is 23.6. The fourth-order valence-electron chi connectivity index (χ4n) is 3.46. The quantitative estimate of drug-likeness (QED) is 0.457. The highest BCUT2D eigenvalue weighted by atomic mass is 35.5. The van der Waals surface area contributed by atoms with E-state index in [0.717, 1.165) is 16.8 Å². The van der Waals surface area contributed by atoms with Gasteiger partial charge in [0, 0.05) is 47.3 Å². The normalized spacial score (nSPS) is 11.3. The van der Waals surface area contributed by atoms with Crippen molar-refractivity contribution in [2.24, 2.45) is 0 Å². The fourth-order valence-corrected chi connectivity index (χ4v) is 3.63. The lowest BCUT2D eigenvalue weighted by Crippen LogP contribution is -2.24. The fraction of sp³-hybridized carbons (Fsp3) is 0.125. The van der Waals surface area contributed by atoms with Crippen LogP contribution in [0.1, 0.15) is 16.8 Å². The van der Waals surface area contributed by atoms with Gasteiger partial charge in [-0.15, -0.1) is 0 Å². The minimum absolute atomic E-state index is 0.0577. The number of pyridine rings is 1. The zero-order valence-electron chi connectivity index (χ0n) is 15.7. The van der Waals surface area contributed by atoms with E-state index < -0.39 is 0 Å². The zero-order chi connectivity index (χ0) is 20.2. The van der Waals surface area contributed by atoms with Crippen LogP contribution in [0.15, 0.2) is 83.7 Å². The number of hydrogen-bond acceptors (Lipinski definition) is 2. The molecule has 0 saturated heterocycles. The van der Waals surface area contributed by atoms with Crippen molar-refractivity contribution < 1.29 is 4.39 Å². The molecule has 3 aromatic carbocycles. The number of nitrogens with zero attached hydrogens (tertiary/aromatic N) is 1. The second-order valence-electron chi connectivity index (χ2n) is 7.11. The van der Waals surface area contributed by atoms with Gasteiger partial charge in [0.25, 0.3) is 0 Å². The van der Waals surface area contributed by atoms with Crippen molar-refractivity contribution in [1.82, 2.24) is 9.88 Å². The number of H-pyrrole nitrogens is 1. The Kier molecular flexibility index (Phi) is 5.74. The molecule has 29 heavy (non-hydrogen) atoms. The first-order valence-electron chi connectivity index (χ1n) is 9.39. The molecule has 0 saturated carbocycles. The van der Waals surface area contributed by atoms with Crippen LogP contribution >= 0.6 is 11.6 Å². The Bertz CT molecular complexity index is 1170. The van der Waals surface area contributed by atoms with Crippen molar-refractivity contribution in [1.29, 1.82) is 0 Å². The number of nitrogens with one attached hydrogen (secondary N) is 1. The van der Waals surface area contributed by atoms with Crippen molar-refractivity contribution in [3.63, 3.8) is 0 Å². The number of rotatable bonds is 6. The Balaban J connectivity index is 1.63. The summed E-state index contributed by atoms with van der Waals surface area (Å²) in [7, 11) is 0. The lowest BCUT2D eigenvalue weighted by molar-refractivity contribution is 0.245. The van der Waals surface area contributed by atoms with E-state index in [0.29, 0.717) is 30.0 Å². The second kappa shape index (κ2) is 8.60. The van der Waals surface area contributed by atoms with Crippen molar-refractivity contribution >= 4 is 22.5 Å². The highest BCUT2D eigenvalue weighted by molar-refractivity contribution is 6.31. The monoisotopic (exact) mass is 406 g/mol. The van der Waals surface area contributed by atoms with Crippen LogP contribution in [-0.2, 0) is 19.6 Å². The number of aromatic amines is 1. The number of benzene rings is 3. The summed E-state index contributed by atoms with van der Waals surface area (Å²) in [5, 5.41) is 1.12. The number of hydrogen-bond donors (Lipinski definition) is 1. The standard InChI is InChI=1S/C24H20ClFN2O/c25-19-8-11-23-22(12-19)24(29)13-21(27-23)16-28(14-17-4-2-1-3-5-17)15-18-6-9-20(26)10-7-18/h1-13H,14-16H2,(H,27,29). The van der Waals surface area contributed by atoms with Gasteiger partial charge in [-0.3, -0.25) is 9.69 Å². The van der Waals surface area contributed by atoms with Crippen LogP contribution in [0.2, 0.25) is 5.02 Å². The maximum absolute atomic E-state index is 13.3. The molecule has 5 heteroatoms. The van der Waals surface area contributed by atoms with Gasteiger partial charge in [-0.25, -0.2) is 4.39 Å². The molecule has 0 fully saturated rings. The van der Waals surface area contributed by atoms with Crippen molar-refractivity contribution in [2.45, 2.75) is 19.6 Å². The first kappa shape index (κ1) is 19.4. The van der Waals surface area contributed by atoms with Gasteiger partial charge in [0.1, 0.15) is 5.82 Å². The largest absolute Gasteiger partial charge is 0.357 e. The van der Waals surface area contributed by atoms with Gasteiger partial charge >= 0.3 is 0 Å². The predicted molar refractivity (Wildman–Crippen MR) is 115 cm³/mol. The molecule has 0 amide bonds. The van der Waals surface area contributed by atoms with Crippen molar-refractivity contribution in [3.8, 4) is 0 Å². The van der Waals surface area contributed by atoms with Gasteiger partial charge in [0.05, 0.1) is 0 Å². The molecule has 0 bridgehead atoms. The summed E-state index contributed by atoms with van der Waals surface area (Å²) in [5.41, 5.74) is 3.71. The van der Waals surface area contributed by atoms with Crippen LogP contribution in [0.25, 0.3) is 10.9 Å². The lowest BCUT2D eigenvalue weighted by Gasteiger charge is -2.23. The van der Waals surface area contributed by atoms with Crippen LogP contribution in [0.5, 0.6) is 0 Å². The molecule has 0 unspecified atom stereocenters. The predicted octanol–water partition coefficient (Wildman–Crippen LogP) is 5.52. The third kappa shape index (κ3) is 4.91. The molecule has 146 valence electrons. The molecule has 1 N–H and O–H groups in total. The van der Waals surface area contributed by atoms with Gasteiger partial charge in [-0.1, -0.05) is 54.1 Å². The van der Waals surface area contributed by atoms with E-state index in [9.17, 15) is 9.18 Å².